The molecule has 0 aliphatic heterocycles. The van der Waals surface area contributed by atoms with Crippen LogP contribution in [0.25, 0.3) is 6.08 Å². The van der Waals surface area contributed by atoms with E-state index in [0.717, 1.165) is 5.56 Å². The molecule has 0 fully saturated rings. The SMILES string of the molecule is COc1cccc(C=CC(C)(C)O)c1OC. The van der Waals surface area contributed by atoms with E-state index in [2.05, 4.69) is 0 Å². The Bertz CT molecular complexity index is 375. The molecule has 0 unspecified atom stereocenters. The lowest BCUT2D eigenvalue weighted by Gasteiger charge is -2.13. The summed E-state index contributed by atoms with van der Waals surface area (Å²) < 4.78 is 10.5. The molecule has 1 aromatic carbocycles. The van der Waals surface area contributed by atoms with E-state index < -0.39 is 5.60 Å². The van der Waals surface area contributed by atoms with Gasteiger partial charge in [0.25, 0.3) is 0 Å². The summed E-state index contributed by atoms with van der Waals surface area (Å²) in [5.41, 5.74) is 0.0395. The van der Waals surface area contributed by atoms with Gasteiger partial charge in [-0.3, -0.25) is 0 Å². The zero-order chi connectivity index (χ0) is 12.2. The Hall–Kier alpha value is -1.48. The minimum Gasteiger partial charge on any atom is -0.493 e. The third-order valence-electron chi connectivity index (χ3n) is 2.10. The van der Waals surface area contributed by atoms with E-state index in [9.17, 15) is 5.11 Å². The second kappa shape index (κ2) is 5.03. The van der Waals surface area contributed by atoms with Gasteiger partial charge in [-0.25, -0.2) is 0 Å². The van der Waals surface area contributed by atoms with Crippen molar-refractivity contribution in [3.63, 3.8) is 0 Å². The lowest BCUT2D eigenvalue weighted by Crippen LogP contribution is -2.13. The highest BCUT2D eigenvalue weighted by Gasteiger charge is 2.09. The molecule has 3 heteroatoms. The highest BCUT2D eigenvalue weighted by atomic mass is 16.5. The molecule has 0 radical (unpaired) electrons. The predicted molar refractivity (Wildman–Crippen MR) is 64.9 cm³/mol. The Morgan fingerprint density at radius 1 is 1.19 bits per heavy atom. The molecule has 0 bridgehead atoms. The molecule has 0 spiro atoms. The molecular weight excluding hydrogens is 204 g/mol. The zero-order valence-electron chi connectivity index (χ0n) is 10.2. The Morgan fingerprint density at radius 2 is 1.88 bits per heavy atom. The number of methoxy groups -OCH3 is 2. The molecule has 1 N–H and O–H groups in total. The molecule has 0 aliphatic rings. The Labute approximate surface area is 96.3 Å². The van der Waals surface area contributed by atoms with Crippen LogP contribution in [0.5, 0.6) is 11.5 Å². The van der Waals surface area contributed by atoms with Crippen LogP contribution in [-0.4, -0.2) is 24.9 Å². The maximum atomic E-state index is 9.61. The van der Waals surface area contributed by atoms with Crippen LogP contribution in [-0.2, 0) is 0 Å². The summed E-state index contributed by atoms with van der Waals surface area (Å²) >= 11 is 0. The van der Waals surface area contributed by atoms with Crippen molar-refractivity contribution in [2.24, 2.45) is 0 Å². The molecule has 88 valence electrons. The Kier molecular flexibility index (Phi) is 3.96. The number of benzene rings is 1. The second-order valence-corrected chi connectivity index (χ2v) is 4.07. The van der Waals surface area contributed by atoms with Crippen LogP contribution >= 0.6 is 0 Å². The van der Waals surface area contributed by atoms with Crippen LogP contribution in [0.2, 0.25) is 0 Å². The maximum Gasteiger partial charge on any atom is 0.167 e. The first kappa shape index (κ1) is 12.6. The van der Waals surface area contributed by atoms with E-state index in [-0.39, 0.29) is 0 Å². The number of hydrogen-bond donors (Lipinski definition) is 1. The van der Waals surface area contributed by atoms with Gasteiger partial charge in [0.1, 0.15) is 0 Å². The van der Waals surface area contributed by atoms with E-state index in [1.54, 1.807) is 34.1 Å². The molecule has 0 saturated carbocycles. The fraction of sp³-hybridized carbons (Fsp3) is 0.385. The Balaban J connectivity index is 3.09. The normalized spacial score (nSPS) is 11.8. The van der Waals surface area contributed by atoms with Crippen molar-refractivity contribution >= 4 is 6.08 Å². The first-order valence-corrected chi connectivity index (χ1v) is 5.10. The molecule has 0 amide bonds. The van der Waals surface area contributed by atoms with Crippen LogP contribution in [0.3, 0.4) is 0 Å². The summed E-state index contributed by atoms with van der Waals surface area (Å²) in [6, 6.07) is 5.62. The van der Waals surface area contributed by atoms with Gasteiger partial charge >= 0.3 is 0 Å². The standard InChI is InChI=1S/C13H18O3/c1-13(2,14)9-8-10-6-5-7-11(15-3)12(10)16-4/h5-9,14H,1-4H3. The summed E-state index contributed by atoms with van der Waals surface area (Å²) in [6.45, 7) is 3.44. The molecule has 1 aromatic rings. The van der Waals surface area contributed by atoms with Gasteiger partial charge in [-0.2, -0.15) is 0 Å². The van der Waals surface area contributed by atoms with Crippen molar-refractivity contribution in [2.45, 2.75) is 19.4 Å². The fourth-order valence-corrected chi connectivity index (χ4v) is 1.34. The molecule has 0 aliphatic carbocycles. The van der Waals surface area contributed by atoms with Crippen molar-refractivity contribution in [1.29, 1.82) is 0 Å². The van der Waals surface area contributed by atoms with Crippen LogP contribution < -0.4 is 9.47 Å². The lowest BCUT2D eigenvalue weighted by molar-refractivity contribution is 0.134. The van der Waals surface area contributed by atoms with E-state index in [1.165, 1.54) is 0 Å². The molecule has 16 heavy (non-hydrogen) atoms. The summed E-state index contributed by atoms with van der Waals surface area (Å²) in [6.07, 6.45) is 3.53. The zero-order valence-corrected chi connectivity index (χ0v) is 10.2. The molecule has 0 saturated heterocycles. The van der Waals surface area contributed by atoms with Crippen molar-refractivity contribution in [1.82, 2.24) is 0 Å². The fourth-order valence-electron chi connectivity index (χ4n) is 1.34. The number of aliphatic hydroxyl groups is 1. The van der Waals surface area contributed by atoms with Crippen LogP contribution in [0, 0.1) is 0 Å². The number of para-hydroxylation sites is 1. The summed E-state index contributed by atoms with van der Waals surface area (Å²) in [4.78, 5) is 0. The average Bonchev–Trinajstić information content (AvgIpc) is 2.24. The van der Waals surface area contributed by atoms with Gasteiger partial charge in [-0.1, -0.05) is 24.3 Å². The first-order chi connectivity index (χ1) is 7.48. The smallest absolute Gasteiger partial charge is 0.167 e. The van der Waals surface area contributed by atoms with E-state index >= 15 is 0 Å². The molecule has 0 aromatic heterocycles. The lowest BCUT2D eigenvalue weighted by atomic mass is 10.1. The van der Waals surface area contributed by atoms with E-state index in [0.29, 0.717) is 11.5 Å². The quantitative estimate of drug-likeness (QED) is 0.850. The van der Waals surface area contributed by atoms with Gasteiger partial charge in [0.05, 0.1) is 19.8 Å². The van der Waals surface area contributed by atoms with E-state index in [4.69, 9.17) is 9.47 Å². The number of hydrogen-bond acceptors (Lipinski definition) is 3. The monoisotopic (exact) mass is 222 g/mol. The third-order valence-corrected chi connectivity index (χ3v) is 2.10. The number of rotatable bonds is 4. The van der Waals surface area contributed by atoms with Crippen LogP contribution in [0.4, 0.5) is 0 Å². The molecule has 3 nitrogen and oxygen atoms in total. The summed E-state index contributed by atoms with van der Waals surface area (Å²) in [5.74, 6) is 1.35. The highest BCUT2D eigenvalue weighted by Crippen LogP contribution is 2.31. The third kappa shape index (κ3) is 3.28. The maximum absolute atomic E-state index is 9.61. The van der Waals surface area contributed by atoms with Crippen molar-refractivity contribution < 1.29 is 14.6 Å². The highest BCUT2D eigenvalue weighted by molar-refractivity contribution is 5.62. The molecular formula is C13H18O3. The van der Waals surface area contributed by atoms with Gasteiger partial charge in [0.2, 0.25) is 0 Å². The average molecular weight is 222 g/mol. The largest absolute Gasteiger partial charge is 0.493 e. The van der Waals surface area contributed by atoms with Crippen molar-refractivity contribution in [3.05, 3.63) is 29.8 Å². The van der Waals surface area contributed by atoms with E-state index in [1.807, 2.05) is 24.3 Å². The minimum atomic E-state index is -0.839. The van der Waals surface area contributed by atoms with Crippen molar-refractivity contribution in [2.75, 3.05) is 14.2 Å². The summed E-state index contributed by atoms with van der Waals surface area (Å²) in [5, 5.41) is 9.61. The number of ether oxygens (including phenoxy) is 2. The second-order valence-electron chi connectivity index (χ2n) is 4.07. The summed E-state index contributed by atoms with van der Waals surface area (Å²) in [7, 11) is 3.20. The molecule has 0 heterocycles. The molecule has 0 atom stereocenters. The van der Waals surface area contributed by atoms with Gasteiger partial charge in [0.15, 0.2) is 11.5 Å². The van der Waals surface area contributed by atoms with Crippen molar-refractivity contribution in [3.8, 4) is 11.5 Å². The predicted octanol–water partition coefficient (Wildman–Crippen LogP) is 2.49. The Morgan fingerprint density at radius 3 is 2.38 bits per heavy atom. The molecule has 1 rings (SSSR count). The van der Waals surface area contributed by atoms with Crippen LogP contribution in [0.1, 0.15) is 19.4 Å². The minimum absolute atomic E-state index is 0.672. The van der Waals surface area contributed by atoms with Gasteiger partial charge in [0, 0.05) is 5.56 Å². The van der Waals surface area contributed by atoms with Gasteiger partial charge < -0.3 is 14.6 Å². The topological polar surface area (TPSA) is 38.7 Å². The van der Waals surface area contributed by atoms with Gasteiger partial charge in [-0.15, -0.1) is 0 Å². The van der Waals surface area contributed by atoms with Crippen LogP contribution in [0.15, 0.2) is 24.3 Å². The van der Waals surface area contributed by atoms with Gasteiger partial charge in [-0.05, 0) is 19.9 Å². The first-order valence-electron chi connectivity index (χ1n) is 5.10.